The number of aromatic nitrogens is 1. The molecule has 0 spiro atoms. The highest BCUT2D eigenvalue weighted by Gasteiger charge is 2.21. The minimum atomic E-state index is -0.171. The van der Waals surface area contributed by atoms with Crippen molar-refractivity contribution in [3.63, 3.8) is 0 Å². The largest absolute Gasteiger partial charge is 0.396 e. The maximum atomic E-state index is 12.2. The van der Waals surface area contributed by atoms with Crippen molar-refractivity contribution < 1.29 is 9.90 Å². The van der Waals surface area contributed by atoms with Gasteiger partial charge in [0, 0.05) is 35.0 Å². The predicted molar refractivity (Wildman–Crippen MR) is 97.3 cm³/mol. The molecule has 128 valence electrons. The van der Waals surface area contributed by atoms with Crippen molar-refractivity contribution in [2.45, 2.75) is 38.6 Å². The topological polar surface area (TPSA) is 74.2 Å². The molecule has 5 nitrogen and oxygen atoms in total. The molecule has 0 radical (unpaired) electrons. The summed E-state index contributed by atoms with van der Waals surface area (Å²) in [5, 5.41) is 18.1. The molecule has 0 bridgehead atoms. The van der Waals surface area contributed by atoms with Crippen molar-refractivity contribution >= 4 is 23.1 Å². The zero-order valence-corrected chi connectivity index (χ0v) is 14.6. The van der Waals surface area contributed by atoms with E-state index in [4.69, 9.17) is 0 Å². The maximum absolute atomic E-state index is 12.2. The van der Waals surface area contributed by atoms with E-state index in [0.29, 0.717) is 5.92 Å². The van der Waals surface area contributed by atoms with E-state index < -0.39 is 0 Å². The highest BCUT2D eigenvalue weighted by atomic mass is 32.1. The summed E-state index contributed by atoms with van der Waals surface area (Å²) < 4.78 is 0. The number of carbonyl (C=O) groups is 1. The van der Waals surface area contributed by atoms with Crippen LogP contribution in [0.4, 0.5) is 10.5 Å². The van der Waals surface area contributed by atoms with Gasteiger partial charge in [0.1, 0.15) is 5.01 Å². The zero-order chi connectivity index (χ0) is 16.9. The lowest BCUT2D eigenvalue weighted by atomic mass is 9.87. The van der Waals surface area contributed by atoms with E-state index >= 15 is 0 Å². The number of anilines is 1. The summed E-state index contributed by atoms with van der Waals surface area (Å²) in [6.07, 6.45) is 3.80. The molecule has 0 saturated heterocycles. The van der Waals surface area contributed by atoms with Crippen LogP contribution in [0.3, 0.4) is 0 Å². The molecular formula is C18H23N3O2S. The normalized spacial score (nSPS) is 20.6. The Balaban J connectivity index is 1.57. The maximum Gasteiger partial charge on any atom is 0.319 e. The minimum absolute atomic E-state index is 0.171. The van der Waals surface area contributed by atoms with Gasteiger partial charge in [-0.25, -0.2) is 9.78 Å². The lowest BCUT2D eigenvalue weighted by Crippen LogP contribution is -2.40. The first kappa shape index (κ1) is 16.9. The second kappa shape index (κ2) is 7.77. The van der Waals surface area contributed by atoms with Crippen LogP contribution in [-0.4, -0.2) is 28.8 Å². The average molecular weight is 345 g/mol. The first-order chi connectivity index (χ1) is 11.6. The number of aliphatic hydroxyl groups is 1. The van der Waals surface area contributed by atoms with Gasteiger partial charge in [-0.3, -0.25) is 0 Å². The van der Waals surface area contributed by atoms with Gasteiger partial charge in [-0.2, -0.15) is 0 Å². The SMILES string of the molecule is Cc1csc(-c2cccc(NC(=O)NC3CCC(CO)CC3)c2)n1. The monoisotopic (exact) mass is 345 g/mol. The molecule has 2 aromatic rings. The number of carbonyl (C=O) groups excluding carboxylic acids is 1. The Hall–Kier alpha value is -1.92. The lowest BCUT2D eigenvalue weighted by molar-refractivity contribution is 0.176. The van der Waals surface area contributed by atoms with Crippen LogP contribution in [0.1, 0.15) is 31.4 Å². The number of nitrogens with one attached hydrogen (secondary N) is 2. The second-order valence-corrected chi connectivity index (χ2v) is 7.23. The van der Waals surface area contributed by atoms with E-state index in [-0.39, 0.29) is 18.7 Å². The van der Waals surface area contributed by atoms with Crippen molar-refractivity contribution in [3.8, 4) is 10.6 Å². The van der Waals surface area contributed by atoms with Crippen LogP contribution in [0.15, 0.2) is 29.6 Å². The Morgan fingerprint density at radius 2 is 2.12 bits per heavy atom. The minimum Gasteiger partial charge on any atom is -0.396 e. The van der Waals surface area contributed by atoms with Crippen LogP contribution in [0.25, 0.3) is 10.6 Å². The molecule has 24 heavy (non-hydrogen) atoms. The van der Waals surface area contributed by atoms with E-state index in [1.54, 1.807) is 11.3 Å². The summed E-state index contributed by atoms with van der Waals surface area (Å²) in [6, 6.07) is 7.77. The quantitative estimate of drug-likeness (QED) is 0.789. The van der Waals surface area contributed by atoms with E-state index in [9.17, 15) is 9.90 Å². The van der Waals surface area contributed by atoms with Crippen molar-refractivity contribution in [3.05, 3.63) is 35.3 Å². The molecule has 0 unspecified atom stereocenters. The van der Waals surface area contributed by atoms with E-state index in [1.165, 1.54) is 0 Å². The third kappa shape index (κ3) is 4.33. The number of hydrogen-bond donors (Lipinski definition) is 3. The van der Waals surface area contributed by atoms with Gasteiger partial charge in [0.2, 0.25) is 0 Å². The van der Waals surface area contributed by atoms with Crippen molar-refractivity contribution in [1.29, 1.82) is 0 Å². The molecule has 3 N–H and O–H groups in total. The molecule has 0 atom stereocenters. The Morgan fingerprint density at radius 3 is 2.79 bits per heavy atom. The molecule has 1 heterocycles. The number of thiazole rings is 1. The smallest absolute Gasteiger partial charge is 0.319 e. The fourth-order valence-electron chi connectivity index (χ4n) is 3.06. The molecule has 0 aliphatic heterocycles. The third-order valence-electron chi connectivity index (χ3n) is 4.43. The number of hydrogen-bond acceptors (Lipinski definition) is 4. The third-order valence-corrected chi connectivity index (χ3v) is 5.44. The van der Waals surface area contributed by atoms with Crippen LogP contribution in [0.5, 0.6) is 0 Å². The van der Waals surface area contributed by atoms with Crippen LogP contribution in [-0.2, 0) is 0 Å². The molecule has 1 aliphatic carbocycles. The van der Waals surface area contributed by atoms with Gasteiger partial charge < -0.3 is 15.7 Å². The van der Waals surface area contributed by atoms with Crippen molar-refractivity contribution in [2.75, 3.05) is 11.9 Å². The van der Waals surface area contributed by atoms with Gasteiger partial charge in [-0.15, -0.1) is 11.3 Å². The summed E-state index contributed by atoms with van der Waals surface area (Å²) in [5.74, 6) is 0.393. The van der Waals surface area contributed by atoms with Crippen LogP contribution < -0.4 is 10.6 Å². The molecule has 1 saturated carbocycles. The molecule has 3 rings (SSSR count). The van der Waals surface area contributed by atoms with E-state index in [0.717, 1.165) is 47.6 Å². The Bertz CT molecular complexity index is 693. The Labute approximate surface area is 146 Å². The molecule has 1 aromatic carbocycles. The number of aliphatic hydroxyl groups excluding tert-OH is 1. The van der Waals surface area contributed by atoms with Gasteiger partial charge in [0.25, 0.3) is 0 Å². The zero-order valence-electron chi connectivity index (χ0n) is 13.8. The lowest BCUT2D eigenvalue weighted by Gasteiger charge is -2.27. The molecule has 1 fully saturated rings. The highest BCUT2D eigenvalue weighted by molar-refractivity contribution is 7.13. The molecular weight excluding hydrogens is 322 g/mol. The van der Waals surface area contributed by atoms with Crippen LogP contribution in [0, 0.1) is 12.8 Å². The number of urea groups is 1. The Kier molecular flexibility index (Phi) is 5.48. The van der Waals surface area contributed by atoms with Gasteiger partial charge in [-0.1, -0.05) is 12.1 Å². The Morgan fingerprint density at radius 1 is 1.33 bits per heavy atom. The number of rotatable bonds is 4. The predicted octanol–water partition coefficient (Wildman–Crippen LogP) is 3.79. The molecule has 6 heteroatoms. The number of amides is 2. The molecule has 1 aromatic heterocycles. The first-order valence-corrected chi connectivity index (χ1v) is 9.23. The number of aryl methyl sites for hydroxylation is 1. The van der Waals surface area contributed by atoms with E-state index in [2.05, 4.69) is 15.6 Å². The van der Waals surface area contributed by atoms with Gasteiger partial charge >= 0.3 is 6.03 Å². The number of benzene rings is 1. The summed E-state index contributed by atoms with van der Waals surface area (Å²) in [7, 11) is 0. The summed E-state index contributed by atoms with van der Waals surface area (Å²) in [6.45, 7) is 2.23. The first-order valence-electron chi connectivity index (χ1n) is 8.35. The van der Waals surface area contributed by atoms with Crippen LogP contribution >= 0.6 is 11.3 Å². The number of nitrogens with zero attached hydrogens (tertiary/aromatic N) is 1. The average Bonchev–Trinajstić information content (AvgIpc) is 3.02. The van der Waals surface area contributed by atoms with Gasteiger partial charge in [-0.05, 0) is 50.7 Å². The van der Waals surface area contributed by atoms with Crippen LogP contribution in [0.2, 0.25) is 0 Å². The fourth-order valence-corrected chi connectivity index (χ4v) is 3.85. The summed E-state index contributed by atoms with van der Waals surface area (Å²) >= 11 is 1.60. The highest BCUT2D eigenvalue weighted by Crippen LogP contribution is 2.26. The summed E-state index contributed by atoms with van der Waals surface area (Å²) in [4.78, 5) is 16.7. The van der Waals surface area contributed by atoms with E-state index in [1.807, 2.05) is 36.6 Å². The molecule has 2 amide bonds. The van der Waals surface area contributed by atoms with Crippen molar-refractivity contribution in [1.82, 2.24) is 10.3 Å². The fraction of sp³-hybridized carbons (Fsp3) is 0.444. The standard InChI is InChI=1S/C18H23N3O2S/c1-12-11-24-17(19-12)14-3-2-4-16(9-14)21-18(23)20-15-7-5-13(10-22)6-8-15/h2-4,9,11,13,15,22H,5-8,10H2,1H3,(H2,20,21,23). The van der Waals surface area contributed by atoms with Gasteiger partial charge in [0.05, 0.1) is 0 Å². The van der Waals surface area contributed by atoms with Gasteiger partial charge in [0.15, 0.2) is 0 Å². The molecule has 1 aliphatic rings. The second-order valence-electron chi connectivity index (χ2n) is 6.37. The summed E-state index contributed by atoms with van der Waals surface area (Å²) in [5.41, 5.74) is 2.78. The van der Waals surface area contributed by atoms with Crippen molar-refractivity contribution in [2.24, 2.45) is 5.92 Å².